The molecule has 0 spiro atoms. The lowest BCUT2D eigenvalue weighted by atomic mass is 10.1. The van der Waals surface area contributed by atoms with Gasteiger partial charge in [-0.05, 0) is 43.2 Å². The van der Waals surface area contributed by atoms with Crippen molar-refractivity contribution in [1.29, 1.82) is 0 Å². The number of rotatable bonds is 6. The molecule has 0 bridgehead atoms. The summed E-state index contributed by atoms with van der Waals surface area (Å²) in [6.07, 6.45) is -0.156. The van der Waals surface area contributed by atoms with Gasteiger partial charge in [-0.3, -0.25) is 9.59 Å². The second-order valence-corrected chi connectivity index (χ2v) is 8.80. The van der Waals surface area contributed by atoms with E-state index in [-0.39, 0.29) is 28.5 Å². The van der Waals surface area contributed by atoms with Crippen LogP contribution in [0.1, 0.15) is 17.5 Å². The molecule has 3 aromatic rings. The molecule has 2 N–H and O–H groups in total. The molecule has 29 heavy (non-hydrogen) atoms. The normalized spacial score (nSPS) is 11.2. The van der Waals surface area contributed by atoms with Gasteiger partial charge in [0.25, 0.3) is 5.56 Å². The van der Waals surface area contributed by atoms with Gasteiger partial charge in [0.05, 0.1) is 16.3 Å². The highest BCUT2D eigenvalue weighted by atomic mass is 32.2. The standard InChI is InChI=1S/C21H21N3O4S/c1-14-5-3-4-6-17(14)22-20(25)11-12-29(27,28)19-13-16(8-7-15(19)2)18-9-10-21(26)24-23-18/h3-10,13H,11-12H2,1-2H3,(H,22,25)(H,24,26). The number of nitrogens with zero attached hydrogens (tertiary/aromatic N) is 1. The molecule has 150 valence electrons. The monoisotopic (exact) mass is 411 g/mol. The van der Waals surface area contributed by atoms with Crippen LogP contribution in [-0.4, -0.2) is 30.3 Å². The van der Waals surface area contributed by atoms with E-state index in [1.165, 1.54) is 18.2 Å². The van der Waals surface area contributed by atoms with Crippen LogP contribution in [0.3, 0.4) is 0 Å². The quantitative estimate of drug-likeness (QED) is 0.648. The molecule has 0 atom stereocenters. The van der Waals surface area contributed by atoms with E-state index in [4.69, 9.17) is 0 Å². The van der Waals surface area contributed by atoms with Gasteiger partial charge < -0.3 is 5.32 Å². The van der Waals surface area contributed by atoms with Crippen LogP contribution in [0.4, 0.5) is 5.69 Å². The van der Waals surface area contributed by atoms with Crippen LogP contribution in [0.2, 0.25) is 0 Å². The Labute approximate surface area is 168 Å². The van der Waals surface area contributed by atoms with Crippen LogP contribution < -0.4 is 10.9 Å². The van der Waals surface area contributed by atoms with Crippen LogP contribution in [0.15, 0.2) is 64.3 Å². The zero-order chi connectivity index (χ0) is 21.0. The van der Waals surface area contributed by atoms with Crippen molar-refractivity contribution >= 4 is 21.4 Å². The van der Waals surface area contributed by atoms with Gasteiger partial charge in [-0.15, -0.1) is 0 Å². The lowest BCUT2D eigenvalue weighted by Crippen LogP contribution is -2.18. The van der Waals surface area contributed by atoms with Crippen molar-refractivity contribution in [2.45, 2.75) is 25.2 Å². The number of H-pyrrole nitrogens is 1. The third-order valence-electron chi connectivity index (χ3n) is 4.52. The van der Waals surface area contributed by atoms with E-state index < -0.39 is 9.84 Å². The smallest absolute Gasteiger partial charge is 0.264 e. The summed E-state index contributed by atoms with van der Waals surface area (Å²) in [6.45, 7) is 3.57. The van der Waals surface area contributed by atoms with Crippen molar-refractivity contribution in [3.63, 3.8) is 0 Å². The molecule has 1 heterocycles. The Morgan fingerprint density at radius 3 is 2.48 bits per heavy atom. The first-order valence-electron chi connectivity index (χ1n) is 9.01. The van der Waals surface area contributed by atoms with Crippen LogP contribution in [0, 0.1) is 13.8 Å². The number of aromatic nitrogens is 2. The van der Waals surface area contributed by atoms with E-state index in [0.717, 1.165) is 5.56 Å². The number of hydrogen-bond acceptors (Lipinski definition) is 5. The van der Waals surface area contributed by atoms with Gasteiger partial charge in [-0.25, -0.2) is 13.5 Å². The Hall–Kier alpha value is -3.26. The Balaban J connectivity index is 1.77. The van der Waals surface area contributed by atoms with Crippen molar-refractivity contribution in [2.24, 2.45) is 0 Å². The third kappa shape index (κ3) is 4.97. The second kappa shape index (κ2) is 8.40. The summed E-state index contributed by atoms with van der Waals surface area (Å²) >= 11 is 0. The van der Waals surface area contributed by atoms with Crippen LogP contribution >= 0.6 is 0 Å². The molecule has 0 aliphatic carbocycles. The summed E-state index contributed by atoms with van der Waals surface area (Å²) < 4.78 is 25.7. The van der Waals surface area contributed by atoms with Crippen LogP contribution in [0.5, 0.6) is 0 Å². The topological polar surface area (TPSA) is 109 Å². The molecule has 1 aromatic heterocycles. The van der Waals surface area contributed by atoms with Crippen LogP contribution in [0.25, 0.3) is 11.3 Å². The predicted molar refractivity (Wildman–Crippen MR) is 112 cm³/mol. The maximum atomic E-state index is 12.9. The fourth-order valence-corrected chi connectivity index (χ4v) is 4.40. The molecular weight excluding hydrogens is 390 g/mol. The number of amides is 1. The third-order valence-corrected chi connectivity index (χ3v) is 6.37. The lowest BCUT2D eigenvalue weighted by molar-refractivity contribution is -0.115. The molecular formula is C21H21N3O4S. The molecule has 0 saturated heterocycles. The average Bonchev–Trinajstić information content (AvgIpc) is 2.69. The Morgan fingerprint density at radius 1 is 1.03 bits per heavy atom. The number of benzene rings is 2. The minimum Gasteiger partial charge on any atom is -0.326 e. The largest absolute Gasteiger partial charge is 0.326 e. The SMILES string of the molecule is Cc1ccccc1NC(=O)CCS(=O)(=O)c1cc(-c2ccc(=O)[nH]n2)ccc1C. The van der Waals surface area contributed by atoms with E-state index in [9.17, 15) is 18.0 Å². The molecule has 7 nitrogen and oxygen atoms in total. The van der Waals surface area contributed by atoms with E-state index >= 15 is 0 Å². The number of para-hydroxylation sites is 1. The van der Waals surface area contributed by atoms with Gasteiger partial charge in [-0.1, -0.05) is 30.3 Å². The van der Waals surface area contributed by atoms with Crippen LogP contribution in [-0.2, 0) is 14.6 Å². The Bertz CT molecular complexity index is 1200. The predicted octanol–water partition coefficient (Wildman–Crippen LogP) is 2.86. The molecule has 0 fully saturated rings. The second-order valence-electron chi connectivity index (χ2n) is 6.72. The summed E-state index contributed by atoms with van der Waals surface area (Å²) in [4.78, 5) is 23.6. The van der Waals surface area contributed by atoms with Gasteiger partial charge in [0.1, 0.15) is 0 Å². The van der Waals surface area contributed by atoms with Crippen molar-refractivity contribution < 1.29 is 13.2 Å². The Kier molecular flexibility index (Phi) is 5.93. The van der Waals surface area contributed by atoms with E-state index in [1.54, 1.807) is 31.2 Å². The summed E-state index contributed by atoms with van der Waals surface area (Å²) in [5.41, 5.74) is 2.83. The van der Waals surface area contributed by atoms with Gasteiger partial charge in [0.2, 0.25) is 5.91 Å². The minimum atomic E-state index is -3.69. The van der Waals surface area contributed by atoms with Gasteiger partial charge in [0, 0.05) is 23.7 Å². The first kappa shape index (κ1) is 20.5. The highest BCUT2D eigenvalue weighted by molar-refractivity contribution is 7.91. The van der Waals surface area contributed by atoms with Crippen molar-refractivity contribution in [3.05, 3.63) is 76.1 Å². The van der Waals surface area contributed by atoms with Gasteiger partial charge in [0.15, 0.2) is 9.84 Å². The Morgan fingerprint density at radius 2 is 1.79 bits per heavy atom. The number of hydrogen-bond donors (Lipinski definition) is 2. The summed E-state index contributed by atoms with van der Waals surface area (Å²) in [6, 6.07) is 15.1. The molecule has 0 aliphatic rings. The molecule has 0 aliphatic heterocycles. The van der Waals surface area contributed by atoms with Gasteiger partial charge in [-0.2, -0.15) is 5.10 Å². The first-order chi connectivity index (χ1) is 13.8. The van der Waals surface area contributed by atoms with E-state index in [0.29, 0.717) is 22.5 Å². The molecule has 0 unspecified atom stereocenters. The molecule has 2 aromatic carbocycles. The number of carbonyl (C=O) groups is 1. The fraction of sp³-hybridized carbons (Fsp3) is 0.190. The minimum absolute atomic E-state index is 0.145. The number of aryl methyl sites for hydroxylation is 2. The number of sulfone groups is 1. The zero-order valence-corrected chi connectivity index (χ0v) is 16.9. The van der Waals surface area contributed by atoms with Gasteiger partial charge >= 0.3 is 0 Å². The molecule has 3 rings (SSSR count). The number of carbonyl (C=O) groups excluding carboxylic acids is 1. The summed E-state index contributed by atoms with van der Waals surface area (Å²) in [5, 5.41) is 9.01. The average molecular weight is 411 g/mol. The number of aromatic amines is 1. The maximum Gasteiger partial charge on any atom is 0.264 e. The number of nitrogens with one attached hydrogen (secondary N) is 2. The highest BCUT2D eigenvalue weighted by Gasteiger charge is 2.20. The number of anilines is 1. The van der Waals surface area contributed by atoms with E-state index in [2.05, 4.69) is 15.5 Å². The summed E-state index contributed by atoms with van der Waals surface area (Å²) in [7, 11) is -3.69. The van der Waals surface area contributed by atoms with Crippen molar-refractivity contribution in [2.75, 3.05) is 11.1 Å². The lowest BCUT2D eigenvalue weighted by Gasteiger charge is -2.11. The molecule has 1 amide bonds. The highest BCUT2D eigenvalue weighted by Crippen LogP contribution is 2.24. The maximum absolute atomic E-state index is 12.9. The zero-order valence-electron chi connectivity index (χ0n) is 16.1. The van der Waals surface area contributed by atoms with Crippen molar-refractivity contribution in [1.82, 2.24) is 10.2 Å². The molecule has 8 heteroatoms. The first-order valence-corrected chi connectivity index (χ1v) is 10.7. The molecule has 0 radical (unpaired) electrons. The fourth-order valence-electron chi connectivity index (χ4n) is 2.86. The molecule has 0 saturated carbocycles. The van der Waals surface area contributed by atoms with E-state index in [1.807, 2.05) is 19.1 Å². The van der Waals surface area contributed by atoms with Crippen molar-refractivity contribution in [3.8, 4) is 11.3 Å². The summed E-state index contributed by atoms with van der Waals surface area (Å²) in [5.74, 6) is -0.674.